The fourth-order valence-electron chi connectivity index (χ4n) is 1.73. The van der Waals surface area contributed by atoms with Crippen molar-refractivity contribution in [1.29, 1.82) is 0 Å². The van der Waals surface area contributed by atoms with Crippen molar-refractivity contribution in [1.82, 2.24) is 0 Å². The molecule has 0 aromatic carbocycles. The number of esters is 1. The molecule has 1 aliphatic carbocycles. The third-order valence-electron chi connectivity index (χ3n) is 2.92. The highest BCUT2D eigenvalue weighted by atomic mass is 16.6. The predicted octanol–water partition coefficient (Wildman–Crippen LogP) is 0.695. The lowest BCUT2D eigenvalue weighted by Crippen LogP contribution is -2.39. The summed E-state index contributed by atoms with van der Waals surface area (Å²) in [6.07, 6.45) is 3.77. The van der Waals surface area contributed by atoms with E-state index in [0.29, 0.717) is 26.2 Å². The minimum absolute atomic E-state index is 0.0458. The minimum atomic E-state index is -0.146. The summed E-state index contributed by atoms with van der Waals surface area (Å²) in [6, 6.07) is 0. The molecule has 1 aliphatic rings. The molecule has 4 nitrogen and oxygen atoms in total. The van der Waals surface area contributed by atoms with Gasteiger partial charge in [0.15, 0.2) is 0 Å². The zero-order valence-electron chi connectivity index (χ0n) is 8.75. The van der Waals surface area contributed by atoms with E-state index < -0.39 is 0 Å². The molecule has 0 bridgehead atoms. The third-order valence-corrected chi connectivity index (χ3v) is 2.92. The number of hydrogen-bond acceptors (Lipinski definition) is 4. The van der Waals surface area contributed by atoms with Crippen LogP contribution in [0.15, 0.2) is 0 Å². The minimum Gasteiger partial charge on any atom is -0.463 e. The molecule has 0 atom stereocenters. The van der Waals surface area contributed by atoms with Gasteiger partial charge in [-0.25, -0.2) is 0 Å². The molecule has 0 aromatic heterocycles. The third kappa shape index (κ3) is 2.96. The molecule has 0 radical (unpaired) electrons. The molecule has 0 aromatic rings. The van der Waals surface area contributed by atoms with E-state index in [-0.39, 0.29) is 11.4 Å². The number of ether oxygens (including phenoxy) is 2. The Bertz CT molecular complexity index is 184. The number of rotatable bonds is 6. The van der Waals surface area contributed by atoms with Crippen LogP contribution in [0, 0.1) is 5.41 Å². The SMILES string of the molecule is COCCOC(=O)CC1(CN)CCC1. The maximum absolute atomic E-state index is 11.4. The van der Waals surface area contributed by atoms with Gasteiger partial charge in [0.1, 0.15) is 6.61 Å². The number of methoxy groups -OCH3 is 1. The zero-order valence-corrected chi connectivity index (χ0v) is 8.75. The number of carbonyl (C=O) groups is 1. The summed E-state index contributed by atoms with van der Waals surface area (Å²) in [6.45, 7) is 1.39. The monoisotopic (exact) mass is 201 g/mol. The molecule has 1 fully saturated rings. The van der Waals surface area contributed by atoms with Gasteiger partial charge in [-0.15, -0.1) is 0 Å². The van der Waals surface area contributed by atoms with Crippen molar-refractivity contribution in [2.45, 2.75) is 25.7 Å². The first kappa shape index (κ1) is 11.5. The van der Waals surface area contributed by atoms with E-state index in [0.717, 1.165) is 12.8 Å². The van der Waals surface area contributed by atoms with E-state index in [1.54, 1.807) is 7.11 Å². The fourth-order valence-corrected chi connectivity index (χ4v) is 1.73. The van der Waals surface area contributed by atoms with Gasteiger partial charge in [-0.1, -0.05) is 6.42 Å². The molecule has 0 heterocycles. The first-order valence-corrected chi connectivity index (χ1v) is 5.07. The van der Waals surface area contributed by atoms with E-state index in [1.807, 2.05) is 0 Å². The van der Waals surface area contributed by atoms with Crippen LogP contribution in [-0.4, -0.2) is 32.8 Å². The Morgan fingerprint density at radius 1 is 1.43 bits per heavy atom. The van der Waals surface area contributed by atoms with Crippen molar-refractivity contribution >= 4 is 5.97 Å². The first-order valence-electron chi connectivity index (χ1n) is 5.07. The van der Waals surface area contributed by atoms with Crippen LogP contribution in [0.1, 0.15) is 25.7 Å². The Morgan fingerprint density at radius 3 is 2.57 bits per heavy atom. The van der Waals surface area contributed by atoms with Crippen molar-refractivity contribution in [3.63, 3.8) is 0 Å². The topological polar surface area (TPSA) is 61.5 Å². The van der Waals surface area contributed by atoms with Gasteiger partial charge in [0, 0.05) is 7.11 Å². The van der Waals surface area contributed by atoms with Crippen LogP contribution in [-0.2, 0) is 14.3 Å². The van der Waals surface area contributed by atoms with Crippen LogP contribution in [0.3, 0.4) is 0 Å². The van der Waals surface area contributed by atoms with E-state index in [4.69, 9.17) is 15.2 Å². The summed E-state index contributed by atoms with van der Waals surface area (Å²) in [5, 5.41) is 0. The van der Waals surface area contributed by atoms with Gasteiger partial charge in [-0.05, 0) is 24.8 Å². The summed E-state index contributed by atoms with van der Waals surface area (Å²) in [7, 11) is 1.58. The van der Waals surface area contributed by atoms with E-state index in [1.165, 1.54) is 6.42 Å². The molecule has 1 saturated carbocycles. The summed E-state index contributed by atoms with van der Waals surface area (Å²) in [5.41, 5.74) is 5.69. The van der Waals surface area contributed by atoms with Crippen LogP contribution in [0.2, 0.25) is 0 Å². The Morgan fingerprint density at radius 2 is 2.14 bits per heavy atom. The molecule has 0 spiro atoms. The second-order valence-electron chi connectivity index (χ2n) is 3.95. The quantitative estimate of drug-likeness (QED) is 0.507. The number of hydrogen-bond donors (Lipinski definition) is 1. The second kappa shape index (κ2) is 5.32. The highest BCUT2D eigenvalue weighted by Crippen LogP contribution is 2.43. The Balaban J connectivity index is 2.18. The van der Waals surface area contributed by atoms with Crippen molar-refractivity contribution < 1.29 is 14.3 Å². The largest absolute Gasteiger partial charge is 0.463 e. The Labute approximate surface area is 84.7 Å². The van der Waals surface area contributed by atoms with Crippen molar-refractivity contribution in [3.05, 3.63) is 0 Å². The smallest absolute Gasteiger partial charge is 0.306 e. The molecule has 82 valence electrons. The van der Waals surface area contributed by atoms with Gasteiger partial charge in [0.05, 0.1) is 13.0 Å². The molecule has 0 aliphatic heterocycles. The van der Waals surface area contributed by atoms with Gasteiger partial charge in [0.25, 0.3) is 0 Å². The van der Waals surface area contributed by atoms with E-state index in [2.05, 4.69) is 0 Å². The van der Waals surface area contributed by atoms with Crippen LogP contribution >= 0.6 is 0 Å². The molecule has 2 N–H and O–H groups in total. The molecule has 4 heteroatoms. The number of nitrogens with two attached hydrogens (primary N) is 1. The maximum atomic E-state index is 11.4. The van der Waals surface area contributed by atoms with Gasteiger partial charge in [0.2, 0.25) is 0 Å². The summed E-state index contributed by atoms with van der Waals surface area (Å²) < 4.78 is 9.78. The molecule has 1 rings (SSSR count). The summed E-state index contributed by atoms with van der Waals surface area (Å²) in [5.74, 6) is -0.146. The summed E-state index contributed by atoms with van der Waals surface area (Å²) >= 11 is 0. The van der Waals surface area contributed by atoms with Gasteiger partial charge >= 0.3 is 5.97 Å². The van der Waals surface area contributed by atoms with Crippen LogP contribution < -0.4 is 5.73 Å². The molecular formula is C10H19NO3. The predicted molar refractivity (Wildman–Crippen MR) is 52.8 cm³/mol. The Kier molecular flexibility index (Phi) is 4.35. The van der Waals surface area contributed by atoms with Crippen LogP contribution in [0.5, 0.6) is 0 Å². The lowest BCUT2D eigenvalue weighted by Gasteiger charge is -2.40. The van der Waals surface area contributed by atoms with Gasteiger partial charge < -0.3 is 15.2 Å². The van der Waals surface area contributed by atoms with Gasteiger partial charge in [-0.2, -0.15) is 0 Å². The van der Waals surface area contributed by atoms with Crippen molar-refractivity contribution in [3.8, 4) is 0 Å². The average molecular weight is 201 g/mol. The molecule has 0 amide bonds. The fraction of sp³-hybridized carbons (Fsp3) is 0.900. The van der Waals surface area contributed by atoms with E-state index in [9.17, 15) is 4.79 Å². The van der Waals surface area contributed by atoms with Crippen molar-refractivity contribution in [2.24, 2.45) is 11.1 Å². The zero-order chi connectivity index (χ0) is 10.4. The highest BCUT2D eigenvalue weighted by Gasteiger charge is 2.37. The van der Waals surface area contributed by atoms with Gasteiger partial charge in [-0.3, -0.25) is 4.79 Å². The lowest BCUT2D eigenvalue weighted by atomic mass is 9.67. The molecule has 0 unspecified atom stereocenters. The normalized spacial score (nSPS) is 18.7. The summed E-state index contributed by atoms with van der Waals surface area (Å²) in [4.78, 5) is 11.4. The molecule has 14 heavy (non-hydrogen) atoms. The lowest BCUT2D eigenvalue weighted by molar-refractivity contribution is -0.149. The molecule has 0 saturated heterocycles. The van der Waals surface area contributed by atoms with Crippen molar-refractivity contribution in [2.75, 3.05) is 26.9 Å². The second-order valence-corrected chi connectivity index (χ2v) is 3.95. The maximum Gasteiger partial charge on any atom is 0.306 e. The average Bonchev–Trinajstić information content (AvgIpc) is 2.12. The number of carbonyl (C=O) groups excluding carboxylic acids is 1. The molecular weight excluding hydrogens is 182 g/mol. The van der Waals surface area contributed by atoms with E-state index >= 15 is 0 Å². The standard InChI is InChI=1S/C10H19NO3/c1-13-5-6-14-9(12)7-10(8-11)3-2-4-10/h2-8,11H2,1H3. The van der Waals surface area contributed by atoms with Crippen LogP contribution in [0.4, 0.5) is 0 Å². The first-order chi connectivity index (χ1) is 6.72. The highest BCUT2D eigenvalue weighted by molar-refractivity contribution is 5.70. The Hall–Kier alpha value is -0.610. The van der Waals surface area contributed by atoms with Crippen LogP contribution in [0.25, 0.3) is 0 Å².